The Morgan fingerprint density at radius 1 is 1.48 bits per heavy atom. The summed E-state index contributed by atoms with van der Waals surface area (Å²) in [4.78, 5) is 23.6. The standard InChI is InChI=1S/C15H13Cl2NO3/c1-21-14(20)10-7-15(8-18,5-4-13(10)19)11-3-2-9(16)6-12(11)17/h2-3,6,10H,4-5,7H2,1H3/t10-,15+/m1/s1. The van der Waals surface area contributed by atoms with E-state index in [1.54, 1.807) is 18.2 Å². The molecule has 0 amide bonds. The summed E-state index contributed by atoms with van der Waals surface area (Å²) in [6.45, 7) is 0. The number of ether oxygens (including phenoxy) is 1. The largest absolute Gasteiger partial charge is 0.468 e. The first kappa shape index (κ1) is 15.8. The van der Waals surface area contributed by atoms with E-state index < -0.39 is 17.3 Å². The lowest BCUT2D eigenvalue weighted by Gasteiger charge is -2.34. The number of hydrogen-bond acceptors (Lipinski definition) is 4. The van der Waals surface area contributed by atoms with Crippen LogP contribution in [0.1, 0.15) is 24.8 Å². The summed E-state index contributed by atoms with van der Waals surface area (Å²) in [5.41, 5.74) is -0.383. The molecule has 0 aromatic heterocycles. The van der Waals surface area contributed by atoms with Crippen LogP contribution in [0.2, 0.25) is 10.0 Å². The van der Waals surface area contributed by atoms with Gasteiger partial charge in [-0.3, -0.25) is 9.59 Å². The molecule has 0 unspecified atom stereocenters. The highest BCUT2D eigenvalue weighted by atomic mass is 35.5. The summed E-state index contributed by atoms with van der Waals surface area (Å²) in [7, 11) is 1.23. The van der Waals surface area contributed by atoms with Crippen LogP contribution in [0.5, 0.6) is 0 Å². The molecular weight excluding hydrogens is 313 g/mol. The molecule has 0 bridgehead atoms. The Bertz CT molecular complexity index is 630. The molecule has 0 radical (unpaired) electrons. The van der Waals surface area contributed by atoms with E-state index in [4.69, 9.17) is 23.2 Å². The highest BCUT2D eigenvalue weighted by molar-refractivity contribution is 6.35. The number of carbonyl (C=O) groups is 2. The fourth-order valence-corrected chi connectivity index (χ4v) is 3.31. The van der Waals surface area contributed by atoms with Crippen molar-refractivity contribution < 1.29 is 14.3 Å². The first-order chi connectivity index (χ1) is 9.93. The molecule has 4 nitrogen and oxygen atoms in total. The second-order valence-electron chi connectivity index (χ2n) is 5.06. The Morgan fingerprint density at radius 2 is 2.19 bits per heavy atom. The predicted octanol–water partition coefficient (Wildman–Crippen LogP) is 3.30. The molecule has 0 N–H and O–H groups in total. The molecular formula is C15H13Cl2NO3. The van der Waals surface area contributed by atoms with Crippen LogP contribution in [0.3, 0.4) is 0 Å². The second kappa shape index (κ2) is 6.05. The summed E-state index contributed by atoms with van der Waals surface area (Å²) >= 11 is 12.1. The predicted molar refractivity (Wildman–Crippen MR) is 78.1 cm³/mol. The van der Waals surface area contributed by atoms with Gasteiger partial charge in [0.2, 0.25) is 0 Å². The van der Waals surface area contributed by atoms with Gasteiger partial charge in [0.1, 0.15) is 11.7 Å². The first-order valence-corrected chi connectivity index (χ1v) is 7.16. The Hall–Kier alpha value is -1.57. The maximum absolute atomic E-state index is 11.9. The minimum Gasteiger partial charge on any atom is -0.468 e. The number of methoxy groups -OCH3 is 1. The molecule has 110 valence electrons. The minimum absolute atomic E-state index is 0.0797. The number of nitriles is 1. The quantitative estimate of drug-likeness (QED) is 0.618. The van der Waals surface area contributed by atoms with Gasteiger partial charge >= 0.3 is 5.97 Å². The van der Waals surface area contributed by atoms with Crippen LogP contribution in [-0.2, 0) is 19.7 Å². The lowest BCUT2D eigenvalue weighted by molar-refractivity contribution is -0.151. The third kappa shape index (κ3) is 2.90. The molecule has 1 fully saturated rings. The number of Topliss-reactive ketones (excluding diaryl/α,β-unsaturated/α-hetero) is 1. The maximum Gasteiger partial charge on any atom is 0.316 e. The summed E-state index contributed by atoms with van der Waals surface area (Å²) in [6.07, 6.45) is 0.555. The summed E-state index contributed by atoms with van der Waals surface area (Å²) < 4.78 is 4.66. The Balaban J connectivity index is 2.45. The van der Waals surface area contributed by atoms with Crippen molar-refractivity contribution in [1.82, 2.24) is 0 Å². The van der Waals surface area contributed by atoms with Gasteiger partial charge in [-0.1, -0.05) is 29.3 Å². The Kier molecular flexibility index (Phi) is 4.55. The van der Waals surface area contributed by atoms with E-state index in [0.717, 1.165) is 0 Å². The average molecular weight is 326 g/mol. The zero-order valence-electron chi connectivity index (χ0n) is 11.4. The number of benzene rings is 1. The topological polar surface area (TPSA) is 67.2 Å². The SMILES string of the molecule is COC(=O)[C@@H]1C[C@@](C#N)(c2ccc(Cl)cc2Cl)CCC1=O. The molecule has 6 heteroatoms. The van der Waals surface area contributed by atoms with Crippen molar-refractivity contribution >= 4 is 35.0 Å². The first-order valence-electron chi connectivity index (χ1n) is 6.41. The van der Waals surface area contributed by atoms with E-state index in [0.29, 0.717) is 22.0 Å². The number of hydrogen-bond donors (Lipinski definition) is 0. The smallest absolute Gasteiger partial charge is 0.316 e. The fraction of sp³-hybridized carbons (Fsp3) is 0.400. The van der Waals surface area contributed by atoms with Crippen LogP contribution in [0.25, 0.3) is 0 Å². The maximum atomic E-state index is 11.9. The summed E-state index contributed by atoms with van der Waals surface area (Å²) in [6, 6.07) is 7.12. The number of halogens is 2. The van der Waals surface area contributed by atoms with Gasteiger partial charge in [0.05, 0.1) is 18.6 Å². The molecule has 2 atom stereocenters. The van der Waals surface area contributed by atoms with E-state index in [1.165, 1.54) is 7.11 Å². The van der Waals surface area contributed by atoms with Crippen molar-refractivity contribution in [3.05, 3.63) is 33.8 Å². The Morgan fingerprint density at radius 3 is 2.76 bits per heavy atom. The molecule has 0 spiro atoms. The minimum atomic E-state index is -0.978. The molecule has 1 saturated carbocycles. The van der Waals surface area contributed by atoms with Crippen LogP contribution in [-0.4, -0.2) is 18.9 Å². The molecule has 1 aromatic carbocycles. The third-order valence-corrected chi connectivity index (χ3v) is 4.43. The summed E-state index contributed by atoms with van der Waals surface area (Å²) in [5.74, 6) is -1.72. The highest BCUT2D eigenvalue weighted by Crippen LogP contribution is 2.43. The van der Waals surface area contributed by atoms with Crippen molar-refractivity contribution in [1.29, 1.82) is 5.26 Å². The normalized spacial score (nSPS) is 25.2. The zero-order chi connectivity index (χ0) is 15.6. The van der Waals surface area contributed by atoms with E-state index >= 15 is 0 Å². The summed E-state index contributed by atoms with van der Waals surface area (Å²) in [5, 5.41) is 10.5. The molecule has 0 heterocycles. The number of ketones is 1. The van der Waals surface area contributed by atoms with Crippen LogP contribution in [0.15, 0.2) is 18.2 Å². The molecule has 2 rings (SSSR count). The lowest BCUT2D eigenvalue weighted by Crippen LogP contribution is -2.40. The van der Waals surface area contributed by atoms with E-state index in [9.17, 15) is 14.9 Å². The molecule has 1 aliphatic rings. The van der Waals surface area contributed by atoms with Gasteiger partial charge in [-0.05, 0) is 30.5 Å². The molecule has 1 aliphatic carbocycles. The van der Waals surface area contributed by atoms with Crippen molar-refractivity contribution in [3.63, 3.8) is 0 Å². The van der Waals surface area contributed by atoms with Crippen molar-refractivity contribution in [2.75, 3.05) is 7.11 Å². The average Bonchev–Trinajstić information content (AvgIpc) is 2.47. The van der Waals surface area contributed by atoms with Gasteiger partial charge < -0.3 is 4.74 Å². The van der Waals surface area contributed by atoms with Crippen molar-refractivity contribution in [2.24, 2.45) is 5.92 Å². The zero-order valence-corrected chi connectivity index (χ0v) is 12.9. The number of rotatable bonds is 2. The van der Waals surface area contributed by atoms with Gasteiger partial charge in [-0.2, -0.15) is 5.26 Å². The van der Waals surface area contributed by atoms with Crippen LogP contribution < -0.4 is 0 Å². The molecule has 21 heavy (non-hydrogen) atoms. The Labute approximate surface area is 132 Å². The molecule has 1 aromatic rings. The van der Waals surface area contributed by atoms with Crippen LogP contribution in [0.4, 0.5) is 0 Å². The third-order valence-electron chi connectivity index (χ3n) is 3.89. The monoisotopic (exact) mass is 325 g/mol. The van der Waals surface area contributed by atoms with E-state index in [2.05, 4.69) is 10.8 Å². The van der Waals surface area contributed by atoms with Gasteiger partial charge in [0.25, 0.3) is 0 Å². The van der Waals surface area contributed by atoms with Crippen LogP contribution >= 0.6 is 23.2 Å². The van der Waals surface area contributed by atoms with E-state index in [1.807, 2.05) is 0 Å². The molecule has 0 saturated heterocycles. The molecule has 0 aliphatic heterocycles. The van der Waals surface area contributed by atoms with Crippen molar-refractivity contribution in [3.8, 4) is 6.07 Å². The van der Waals surface area contributed by atoms with Gasteiger partial charge in [0.15, 0.2) is 0 Å². The number of esters is 1. The van der Waals surface area contributed by atoms with Crippen LogP contribution in [0, 0.1) is 17.2 Å². The number of carbonyl (C=O) groups excluding carboxylic acids is 2. The van der Waals surface area contributed by atoms with Gasteiger partial charge in [0, 0.05) is 16.5 Å². The second-order valence-corrected chi connectivity index (χ2v) is 5.91. The van der Waals surface area contributed by atoms with Gasteiger partial charge in [-0.15, -0.1) is 0 Å². The van der Waals surface area contributed by atoms with E-state index in [-0.39, 0.29) is 18.6 Å². The number of nitrogens with zero attached hydrogens (tertiary/aromatic N) is 1. The van der Waals surface area contributed by atoms with Crippen molar-refractivity contribution in [2.45, 2.75) is 24.7 Å². The highest BCUT2D eigenvalue weighted by Gasteiger charge is 2.46. The fourth-order valence-electron chi connectivity index (χ4n) is 2.72. The lowest BCUT2D eigenvalue weighted by atomic mass is 9.66. The van der Waals surface area contributed by atoms with Gasteiger partial charge in [-0.25, -0.2) is 0 Å².